The molecule has 0 bridgehead atoms. The summed E-state index contributed by atoms with van der Waals surface area (Å²) in [6.45, 7) is 5.26. The van der Waals surface area contributed by atoms with Crippen molar-refractivity contribution < 1.29 is 9.53 Å². The van der Waals surface area contributed by atoms with Crippen molar-refractivity contribution >= 4 is 17.2 Å². The standard InChI is InChI=1S/C13H20N2O2S/c1-10-9-18-11(15-10)5-3-7-14-12(16)13(2)6-4-8-17-13/h9H,3-8H2,1-2H3,(H,14,16). The van der Waals surface area contributed by atoms with Crippen LogP contribution in [-0.2, 0) is 16.0 Å². The normalized spacial score (nSPS) is 23.2. The SMILES string of the molecule is Cc1csc(CCCNC(=O)C2(C)CCCO2)n1. The summed E-state index contributed by atoms with van der Waals surface area (Å²) in [4.78, 5) is 16.3. The zero-order valence-electron chi connectivity index (χ0n) is 11.0. The first-order valence-corrected chi connectivity index (χ1v) is 7.31. The molecule has 0 aromatic carbocycles. The lowest BCUT2D eigenvalue weighted by molar-refractivity contribution is -0.139. The molecule has 1 saturated heterocycles. The Labute approximate surface area is 112 Å². The number of carbonyl (C=O) groups is 1. The number of rotatable bonds is 5. The topological polar surface area (TPSA) is 51.2 Å². The average Bonchev–Trinajstić information content (AvgIpc) is 2.94. The molecule has 2 heterocycles. The van der Waals surface area contributed by atoms with Crippen LogP contribution in [0.4, 0.5) is 0 Å². The van der Waals surface area contributed by atoms with Gasteiger partial charge in [0, 0.05) is 30.6 Å². The van der Waals surface area contributed by atoms with Crippen molar-refractivity contribution in [1.29, 1.82) is 0 Å². The molecule has 5 heteroatoms. The molecule has 1 N–H and O–H groups in total. The van der Waals surface area contributed by atoms with Gasteiger partial charge in [-0.15, -0.1) is 11.3 Å². The van der Waals surface area contributed by atoms with Crippen molar-refractivity contribution in [1.82, 2.24) is 10.3 Å². The van der Waals surface area contributed by atoms with Crippen molar-refractivity contribution in [2.75, 3.05) is 13.2 Å². The van der Waals surface area contributed by atoms with Gasteiger partial charge >= 0.3 is 0 Å². The maximum absolute atomic E-state index is 11.9. The van der Waals surface area contributed by atoms with E-state index < -0.39 is 5.60 Å². The molecule has 1 unspecified atom stereocenters. The van der Waals surface area contributed by atoms with Gasteiger partial charge in [0.1, 0.15) is 5.60 Å². The Morgan fingerprint density at radius 2 is 2.50 bits per heavy atom. The molecule has 4 nitrogen and oxygen atoms in total. The molecule has 1 aromatic rings. The molecule has 1 atom stereocenters. The summed E-state index contributed by atoms with van der Waals surface area (Å²) >= 11 is 1.68. The molecular formula is C13H20N2O2S. The Bertz CT molecular complexity index is 411. The minimum Gasteiger partial charge on any atom is -0.365 e. The largest absolute Gasteiger partial charge is 0.365 e. The molecule has 0 spiro atoms. The molecule has 1 aliphatic heterocycles. The summed E-state index contributed by atoms with van der Waals surface area (Å²) in [7, 11) is 0. The molecule has 1 aromatic heterocycles. The molecule has 100 valence electrons. The van der Waals surface area contributed by atoms with Gasteiger partial charge in [-0.05, 0) is 33.1 Å². The molecular weight excluding hydrogens is 248 g/mol. The quantitative estimate of drug-likeness (QED) is 0.832. The summed E-state index contributed by atoms with van der Waals surface area (Å²) in [5.41, 5.74) is 0.475. The van der Waals surface area contributed by atoms with E-state index in [4.69, 9.17) is 4.74 Å². The van der Waals surface area contributed by atoms with Gasteiger partial charge in [-0.2, -0.15) is 0 Å². The Hall–Kier alpha value is -0.940. The summed E-state index contributed by atoms with van der Waals surface area (Å²) in [5.74, 6) is 0.0234. The van der Waals surface area contributed by atoms with Crippen LogP contribution in [0.15, 0.2) is 5.38 Å². The Kier molecular flexibility index (Phi) is 4.35. The van der Waals surface area contributed by atoms with Gasteiger partial charge in [-0.3, -0.25) is 4.79 Å². The highest BCUT2D eigenvalue weighted by Gasteiger charge is 2.37. The summed E-state index contributed by atoms with van der Waals surface area (Å²) in [5, 5.41) is 6.16. The van der Waals surface area contributed by atoms with Crippen molar-refractivity contribution in [3.63, 3.8) is 0 Å². The van der Waals surface area contributed by atoms with Crippen molar-refractivity contribution in [2.45, 2.75) is 45.1 Å². The third kappa shape index (κ3) is 3.29. The van der Waals surface area contributed by atoms with E-state index in [-0.39, 0.29) is 5.91 Å². The van der Waals surface area contributed by atoms with E-state index in [1.807, 2.05) is 13.8 Å². The van der Waals surface area contributed by atoms with E-state index in [0.29, 0.717) is 13.2 Å². The third-order valence-electron chi connectivity index (χ3n) is 3.22. The van der Waals surface area contributed by atoms with Crippen LogP contribution in [0, 0.1) is 6.92 Å². The summed E-state index contributed by atoms with van der Waals surface area (Å²) in [6.07, 6.45) is 3.65. The zero-order valence-corrected chi connectivity index (χ0v) is 11.8. The van der Waals surface area contributed by atoms with Gasteiger partial charge in [0.05, 0.1) is 5.01 Å². The Balaban J connectivity index is 1.67. The van der Waals surface area contributed by atoms with Gasteiger partial charge in [0.2, 0.25) is 0 Å². The first-order chi connectivity index (χ1) is 8.60. The molecule has 1 aliphatic rings. The fourth-order valence-corrected chi connectivity index (χ4v) is 2.92. The second-order valence-corrected chi connectivity index (χ2v) is 5.87. The van der Waals surface area contributed by atoms with Crippen LogP contribution in [0.25, 0.3) is 0 Å². The number of hydrogen-bond donors (Lipinski definition) is 1. The number of aryl methyl sites for hydroxylation is 2. The predicted octanol–water partition coefficient (Wildman–Crippen LogP) is 2.07. The van der Waals surface area contributed by atoms with E-state index in [1.54, 1.807) is 11.3 Å². The van der Waals surface area contributed by atoms with Crippen LogP contribution >= 0.6 is 11.3 Å². The van der Waals surface area contributed by atoms with E-state index in [1.165, 1.54) is 0 Å². The van der Waals surface area contributed by atoms with Gasteiger partial charge in [0.25, 0.3) is 5.91 Å². The molecule has 1 amide bonds. The van der Waals surface area contributed by atoms with Gasteiger partial charge in [-0.25, -0.2) is 4.98 Å². The summed E-state index contributed by atoms with van der Waals surface area (Å²) in [6, 6.07) is 0. The number of hydrogen-bond acceptors (Lipinski definition) is 4. The maximum Gasteiger partial charge on any atom is 0.251 e. The van der Waals surface area contributed by atoms with Crippen LogP contribution in [0.1, 0.15) is 36.9 Å². The number of nitrogens with one attached hydrogen (secondary N) is 1. The number of amides is 1. The van der Waals surface area contributed by atoms with Crippen molar-refractivity contribution in [3.8, 4) is 0 Å². The second kappa shape index (κ2) is 5.80. The molecule has 18 heavy (non-hydrogen) atoms. The number of aromatic nitrogens is 1. The first-order valence-electron chi connectivity index (χ1n) is 6.43. The van der Waals surface area contributed by atoms with E-state index in [2.05, 4.69) is 15.7 Å². The number of nitrogens with zero attached hydrogens (tertiary/aromatic N) is 1. The second-order valence-electron chi connectivity index (χ2n) is 4.92. The van der Waals surface area contributed by atoms with Crippen LogP contribution in [0.2, 0.25) is 0 Å². The predicted molar refractivity (Wildman–Crippen MR) is 71.8 cm³/mol. The molecule has 0 radical (unpaired) electrons. The lowest BCUT2D eigenvalue weighted by Gasteiger charge is -2.21. The molecule has 1 fully saturated rings. The van der Waals surface area contributed by atoms with Crippen LogP contribution in [0.5, 0.6) is 0 Å². The van der Waals surface area contributed by atoms with Crippen molar-refractivity contribution in [2.24, 2.45) is 0 Å². The van der Waals surface area contributed by atoms with Crippen LogP contribution in [0.3, 0.4) is 0 Å². The molecule has 0 aliphatic carbocycles. The fourth-order valence-electron chi connectivity index (χ4n) is 2.10. The molecule has 2 rings (SSSR count). The number of carbonyl (C=O) groups excluding carboxylic acids is 1. The van der Waals surface area contributed by atoms with Crippen LogP contribution in [-0.4, -0.2) is 29.6 Å². The average molecular weight is 268 g/mol. The van der Waals surface area contributed by atoms with Gasteiger partial charge in [0.15, 0.2) is 0 Å². The minimum atomic E-state index is -0.599. The minimum absolute atomic E-state index is 0.0234. The van der Waals surface area contributed by atoms with E-state index >= 15 is 0 Å². The maximum atomic E-state index is 11.9. The van der Waals surface area contributed by atoms with Crippen LogP contribution < -0.4 is 5.32 Å². The Morgan fingerprint density at radius 1 is 1.67 bits per heavy atom. The lowest BCUT2D eigenvalue weighted by Crippen LogP contribution is -2.44. The van der Waals surface area contributed by atoms with E-state index in [0.717, 1.165) is 36.4 Å². The number of ether oxygens (including phenoxy) is 1. The zero-order chi connectivity index (χ0) is 13.0. The highest BCUT2D eigenvalue weighted by Crippen LogP contribution is 2.24. The summed E-state index contributed by atoms with van der Waals surface area (Å²) < 4.78 is 5.50. The monoisotopic (exact) mass is 268 g/mol. The highest BCUT2D eigenvalue weighted by molar-refractivity contribution is 7.09. The smallest absolute Gasteiger partial charge is 0.251 e. The Morgan fingerprint density at radius 3 is 3.11 bits per heavy atom. The first kappa shape index (κ1) is 13.5. The number of thiazole rings is 1. The van der Waals surface area contributed by atoms with Crippen molar-refractivity contribution in [3.05, 3.63) is 16.1 Å². The highest BCUT2D eigenvalue weighted by atomic mass is 32.1. The van der Waals surface area contributed by atoms with E-state index in [9.17, 15) is 4.79 Å². The van der Waals surface area contributed by atoms with Gasteiger partial charge < -0.3 is 10.1 Å². The molecule has 0 saturated carbocycles. The third-order valence-corrected chi connectivity index (χ3v) is 4.25. The lowest BCUT2D eigenvalue weighted by atomic mass is 10.0. The van der Waals surface area contributed by atoms with Gasteiger partial charge in [-0.1, -0.05) is 0 Å². The fraction of sp³-hybridized carbons (Fsp3) is 0.692.